The lowest BCUT2D eigenvalue weighted by atomic mass is 10.0. The van der Waals surface area contributed by atoms with Crippen LogP contribution in [0.4, 0.5) is 0 Å². The number of carbonyl (C=O) groups excluding carboxylic acids is 1. The highest BCUT2D eigenvalue weighted by molar-refractivity contribution is 6.07. The van der Waals surface area contributed by atoms with Crippen molar-refractivity contribution >= 4 is 23.0 Å². The Kier molecular flexibility index (Phi) is 6.08. The number of hydrogen-bond acceptors (Lipinski definition) is 4. The SMILES string of the molecule is O=C(N/N=C/c1cccc(Oc2ccccc2)c1)c1cc(-c2ccccc2)nc2ccccc12. The molecule has 0 spiro atoms. The van der Waals surface area contributed by atoms with Crippen LogP contribution in [-0.2, 0) is 0 Å². The fraction of sp³-hybridized carbons (Fsp3) is 0. The molecule has 5 rings (SSSR count). The van der Waals surface area contributed by atoms with Crippen molar-refractivity contribution in [3.8, 4) is 22.8 Å². The van der Waals surface area contributed by atoms with Crippen LogP contribution in [-0.4, -0.2) is 17.1 Å². The van der Waals surface area contributed by atoms with Crippen molar-refractivity contribution in [3.63, 3.8) is 0 Å². The molecule has 1 N–H and O–H groups in total. The largest absolute Gasteiger partial charge is 0.457 e. The standard InChI is InChI=1S/C29H21N3O2/c33-29(32-30-20-21-10-9-15-24(18-21)34-23-13-5-2-6-14-23)26-19-28(22-11-3-1-4-12-22)31-27-17-8-7-16-25(26)27/h1-20H,(H,32,33)/b30-20+. The van der Waals surface area contributed by atoms with E-state index in [0.29, 0.717) is 11.3 Å². The molecule has 164 valence electrons. The Labute approximate surface area is 197 Å². The van der Waals surface area contributed by atoms with Gasteiger partial charge < -0.3 is 4.74 Å². The molecular formula is C29H21N3O2. The Balaban J connectivity index is 1.37. The molecule has 0 bridgehead atoms. The number of amides is 1. The second kappa shape index (κ2) is 9.79. The molecule has 0 saturated heterocycles. The summed E-state index contributed by atoms with van der Waals surface area (Å²) >= 11 is 0. The van der Waals surface area contributed by atoms with Gasteiger partial charge in [0.2, 0.25) is 0 Å². The van der Waals surface area contributed by atoms with Crippen molar-refractivity contribution in [2.75, 3.05) is 0 Å². The van der Waals surface area contributed by atoms with Crippen LogP contribution < -0.4 is 10.2 Å². The van der Waals surface area contributed by atoms with Gasteiger partial charge in [0.05, 0.1) is 23.0 Å². The number of nitrogens with one attached hydrogen (secondary N) is 1. The van der Waals surface area contributed by atoms with E-state index in [9.17, 15) is 4.79 Å². The maximum atomic E-state index is 13.1. The zero-order chi connectivity index (χ0) is 23.2. The molecule has 0 atom stereocenters. The van der Waals surface area contributed by atoms with Gasteiger partial charge in [0.25, 0.3) is 5.91 Å². The van der Waals surface area contributed by atoms with E-state index >= 15 is 0 Å². The molecule has 5 aromatic rings. The Morgan fingerprint density at radius 3 is 2.29 bits per heavy atom. The van der Waals surface area contributed by atoms with E-state index in [-0.39, 0.29) is 5.91 Å². The van der Waals surface area contributed by atoms with Gasteiger partial charge in [0, 0.05) is 10.9 Å². The van der Waals surface area contributed by atoms with Crippen LogP contribution in [0.25, 0.3) is 22.2 Å². The quantitative estimate of drug-likeness (QED) is 0.242. The monoisotopic (exact) mass is 443 g/mol. The van der Waals surface area contributed by atoms with Crippen molar-refractivity contribution in [1.82, 2.24) is 10.4 Å². The maximum absolute atomic E-state index is 13.1. The summed E-state index contributed by atoms with van der Waals surface area (Å²) in [7, 11) is 0. The van der Waals surface area contributed by atoms with Crippen LogP contribution in [0.1, 0.15) is 15.9 Å². The number of para-hydroxylation sites is 2. The minimum absolute atomic E-state index is 0.302. The molecule has 0 saturated carbocycles. The van der Waals surface area contributed by atoms with Crippen molar-refractivity contribution in [2.45, 2.75) is 0 Å². The molecule has 0 aliphatic rings. The van der Waals surface area contributed by atoms with Crippen LogP contribution in [0.5, 0.6) is 11.5 Å². The van der Waals surface area contributed by atoms with Gasteiger partial charge in [-0.05, 0) is 42.0 Å². The molecule has 4 aromatic carbocycles. The van der Waals surface area contributed by atoms with E-state index < -0.39 is 0 Å². The van der Waals surface area contributed by atoms with Crippen LogP contribution in [0.15, 0.2) is 120 Å². The number of rotatable bonds is 6. The van der Waals surface area contributed by atoms with Gasteiger partial charge in [-0.25, -0.2) is 10.4 Å². The first-order valence-corrected chi connectivity index (χ1v) is 10.9. The Morgan fingerprint density at radius 2 is 1.47 bits per heavy atom. The van der Waals surface area contributed by atoms with E-state index in [2.05, 4.69) is 10.5 Å². The zero-order valence-corrected chi connectivity index (χ0v) is 18.3. The summed E-state index contributed by atoms with van der Waals surface area (Å²) < 4.78 is 5.86. The van der Waals surface area contributed by atoms with Crippen LogP contribution in [0.2, 0.25) is 0 Å². The van der Waals surface area contributed by atoms with Crippen LogP contribution in [0, 0.1) is 0 Å². The van der Waals surface area contributed by atoms with E-state index in [1.54, 1.807) is 12.3 Å². The number of carbonyl (C=O) groups is 1. The Bertz CT molecular complexity index is 1470. The molecule has 0 unspecified atom stereocenters. The number of benzene rings is 4. The minimum atomic E-state index is -0.302. The fourth-order valence-electron chi connectivity index (χ4n) is 3.63. The summed E-state index contributed by atoms with van der Waals surface area (Å²) in [5.41, 5.74) is 6.40. The molecule has 0 aliphatic heterocycles. The van der Waals surface area contributed by atoms with E-state index in [1.807, 2.05) is 109 Å². The summed E-state index contributed by atoms with van der Waals surface area (Å²) in [5.74, 6) is 1.14. The molecule has 1 heterocycles. The number of nitrogens with zero attached hydrogens (tertiary/aromatic N) is 2. The molecule has 1 amide bonds. The highest BCUT2D eigenvalue weighted by Gasteiger charge is 2.13. The van der Waals surface area contributed by atoms with Crippen molar-refractivity contribution in [1.29, 1.82) is 0 Å². The first-order valence-electron chi connectivity index (χ1n) is 10.9. The number of ether oxygens (including phenoxy) is 1. The number of aromatic nitrogens is 1. The first kappa shape index (κ1) is 21.1. The highest BCUT2D eigenvalue weighted by Crippen LogP contribution is 2.25. The van der Waals surface area contributed by atoms with Crippen molar-refractivity contribution < 1.29 is 9.53 Å². The third kappa shape index (κ3) is 4.84. The summed E-state index contributed by atoms with van der Waals surface area (Å²) in [4.78, 5) is 17.8. The number of fused-ring (bicyclic) bond motifs is 1. The second-order valence-corrected chi connectivity index (χ2v) is 7.62. The zero-order valence-electron chi connectivity index (χ0n) is 18.3. The Morgan fingerprint density at radius 1 is 0.765 bits per heavy atom. The summed E-state index contributed by atoms with van der Waals surface area (Å²) in [6.45, 7) is 0. The van der Waals surface area contributed by atoms with Crippen molar-refractivity contribution in [2.24, 2.45) is 5.10 Å². The van der Waals surface area contributed by atoms with Gasteiger partial charge in [-0.2, -0.15) is 5.10 Å². The lowest BCUT2D eigenvalue weighted by molar-refractivity contribution is 0.0956. The molecule has 5 nitrogen and oxygen atoms in total. The third-order valence-corrected chi connectivity index (χ3v) is 5.25. The smallest absolute Gasteiger partial charge is 0.272 e. The fourth-order valence-corrected chi connectivity index (χ4v) is 3.63. The molecule has 0 radical (unpaired) electrons. The summed E-state index contributed by atoms with van der Waals surface area (Å²) in [5, 5.41) is 4.95. The average Bonchev–Trinajstić information content (AvgIpc) is 2.89. The van der Waals surface area contributed by atoms with Gasteiger partial charge in [0.15, 0.2) is 0 Å². The van der Waals surface area contributed by atoms with Crippen molar-refractivity contribution in [3.05, 3.63) is 126 Å². The summed E-state index contributed by atoms with van der Waals surface area (Å²) in [6, 6.07) is 36.3. The number of hydrazone groups is 1. The second-order valence-electron chi connectivity index (χ2n) is 7.62. The predicted octanol–water partition coefficient (Wildman–Crippen LogP) is 6.46. The molecule has 34 heavy (non-hydrogen) atoms. The highest BCUT2D eigenvalue weighted by atomic mass is 16.5. The molecular weight excluding hydrogens is 422 g/mol. The normalized spacial score (nSPS) is 10.9. The van der Waals surface area contributed by atoms with Gasteiger partial charge in [-0.3, -0.25) is 4.79 Å². The third-order valence-electron chi connectivity index (χ3n) is 5.25. The summed E-state index contributed by atoms with van der Waals surface area (Å²) in [6.07, 6.45) is 1.59. The van der Waals surface area contributed by atoms with E-state index in [4.69, 9.17) is 9.72 Å². The topological polar surface area (TPSA) is 63.6 Å². The number of hydrogen-bond donors (Lipinski definition) is 1. The minimum Gasteiger partial charge on any atom is -0.457 e. The lowest BCUT2D eigenvalue weighted by Crippen LogP contribution is -2.18. The number of pyridine rings is 1. The predicted molar refractivity (Wildman–Crippen MR) is 135 cm³/mol. The molecule has 0 fully saturated rings. The van der Waals surface area contributed by atoms with Gasteiger partial charge >= 0.3 is 0 Å². The molecule has 0 aliphatic carbocycles. The van der Waals surface area contributed by atoms with E-state index in [0.717, 1.165) is 33.5 Å². The van der Waals surface area contributed by atoms with Crippen LogP contribution >= 0.6 is 0 Å². The van der Waals surface area contributed by atoms with Gasteiger partial charge in [0.1, 0.15) is 11.5 Å². The van der Waals surface area contributed by atoms with E-state index in [1.165, 1.54) is 0 Å². The average molecular weight is 444 g/mol. The lowest BCUT2D eigenvalue weighted by Gasteiger charge is -2.09. The molecule has 1 aromatic heterocycles. The van der Waals surface area contributed by atoms with Crippen LogP contribution in [0.3, 0.4) is 0 Å². The maximum Gasteiger partial charge on any atom is 0.272 e. The van der Waals surface area contributed by atoms with Gasteiger partial charge in [-0.15, -0.1) is 0 Å². The molecule has 5 heteroatoms. The van der Waals surface area contributed by atoms with Gasteiger partial charge in [-0.1, -0.05) is 78.9 Å². The first-order chi connectivity index (χ1) is 16.8. The Hall–Kier alpha value is -4.77.